The summed E-state index contributed by atoms with van der Waals surface area (Å²) in [5.41, 5.74) is 1.79. The molecule has 0 saturated carbocycles. The maximum atomic E-state index is 14.3. The lowest BCUT2D eigenvalue weighted by atomic mass is 10.00. The van der Waals surface area contributed by atoms with E-state index in [4.69, 9.17) is 0 Å². The smallest absolute Gasteiger partial charge is 0.142 e. The lowest BCUT2D eigenvalue weighted by Crippen LogP contribution is -2.25. The fourth-order valence-electron chi connectivity index (χ4n) is 2.21. The molecule has 1 heterocycles. The molecule has 1 unspecified atom stereocenters. The molecule has 0 saturated heterocycles. The van der Waals surface area contributed by atoms with E-state index in [1.807, 2.05) is 31.6 Å². The second-order valence-electron chi connectivity index (χ2n) is 4.88. The Balaban J connectivity index is 2.24. The van der Waals surface area contributed by atoms with E-state index in [0.717, 1.165) is 24.9 Å². The molecule has 0 bridgehead atoms. The van der Waals surface area contributed by atoms with Gasteiger partial charge in [-0.25, -0.2) is 4.39 Å². The molecule has 0 aliphatic rings. The SMILES string of the molecule is CCCNC(Cc1cnn(C)c1)c1cccc(Br)c1F. The minimum absolute atomic E-state index is 0.0448. The molecule has 108 valence electrons. The zero-order valence-corrected chi connectivity index (χ0v) is 13.3. The van der Waals surface area contributed by atoms with Crippen LogP contribution < -0.4 is 5.32 Å². The summed E-state index contributed by atoms with van der Waals surface area (Å²) < 4.78 is 16.6. The first-order chi connectivity index (χ1) is 9.61. The van der Waals surface area contributed by atoms with Crippen molar-refractivity contribution in [2.24, 2.45) is 7.05 Å². The van der Waals surface area contributed by atoms with E-state index in [2.05, 4.69) is 33.3 Å². The van der Waals surface area contributed by atoms with Crippen LogP contribution in [0.25, 0.3) is 0 Å². The van der Waals surface area contributed by atoms with E-state index in [1.165, 1.54) is 0 Å². The van der Waals surface area contributed by atoms with Crippen molar-refractivity contribution in [3.05, 3.63) is 52.0 Å². The number of nitrogens with zero attached hydrogens (tertiary/aromatic N) is 2. The molecule has 0 radical (unpaired) electrons. The van der Waals surface area contributed by atoms with Gasteiger partial charge in [0.25, 0.3) is 0 Å². The van der Waals surface area contributed by atoms with Crippen LogP contribution in [0.1, 0.15) is 30.5 Å². The normalized spacial score (nSPS) is 12.6. The zero-order valence-electron chi connectivity index (χ0n) is 11.7. The molecule has 1 aromatic heterocycles. The van der Waals surface area contributed by atoms with E-state index in [1.54, 1.807) is 10.7 Å². The lowest BCUT2D eigenvalue weighted by molar-refractivity contribution is 0.495. The van der Waals surface area contributed by atoms with Crippen LogP contribution in [0.2, 0.25) is 0 Å². The summed E-state index contributed by atoms with van der Waals surface area (Å²) in [6.45, 7) is 2.96. The van der Waals surface area contributed by atoms with Crippen LogP contribution in [0.3, 0.4) is 0 Å². The van der Waals surface area contributed by atoms with E-state index < -0.39 is 0 Å². The predicted octanol–water partition coefficient (Wildman–Crippen LogP) is 3.61. The van der Waals surface area contributed by atoms with E-state index in [0.29, 0.717) is 10.0 Å². The summed E-state index contributed by atoms with van der Waals surface area (Å²) in [7, 11) is 1.89. The lowest BCUT2D eigenvalue weighted by Gasteiger charge is -2.19. The highest BCUT2D eigenvalue weighted by Crippen LogP contribution is 2.26. The molecule has 1 N–H and O–H groups in total. The molecule has 5 heteroatoms. The number of aromatic nitrogens is 2. The predicted molar refractivity (Wildman–Crippen MR) is 82.0 cm³/mol. The first-order valence-electron chi connectivity index (χ1n) is 6.76. The minimum atomic E-state index is -0.190. The highest BCUT2D eigenvalue weighted by atomic mass is 79.9. The van der Waals surface area contributed by atoms with Crippen molar-refractivity contribution in [2.75, 3.05) is 6.54 Å². The largest absolute Gasteiger partial charge is 0.310 e. The average molecular weight is 340 g/mol. The fraction of sp³-hybridized carbons (Fsp3) is 0.400. The van der Waals surface area contributed by atoms with Gasteiger partial charge in [0, 0.05) is 24.8 Å². The number of nitrogens with one attached hydrogen (secondary N) is 1. The third kappa shape index (κ3) is 3.67. The molecule has 0 spiro atoms. The third-order valence-electron chi connectivity index (χ3n) is 3.20. The van der Waals surface area contributed by atoms with Crippen molar-refractivity contribution in [3.63, 3.8) is 0 Å². The molecular weight excluding hydrogens is 321 g/mol. The van der Waals surface area contributed by atoms with Crippen molar-refractivity contribution < 1.29 is 4.39 Å². The zero-order chi connectivity index (χ0) is 14.5. The van der Waals surface area contributed by atoms with Gasteiger partial charge in [0.2, 0.25) is 0 Å². The van der Waals surface area contributed by atoms with Gasteiger partial charge >= 0.3 is 0 Å². The average Bonchev–Trinajstić information content (AvgIpc) is 2.83. The number of rotatable bonds is 6. The summed E-state index contributed by atoms with van der Waals surface area (Å²) in [5, 5.41) is 7.58. The summed E-state index contributed by atoms with van der Waals surface area (Å²) in [6.07, 6.45) is 5.54. The Morgan fingerprint density at radius 3 is 2.90 bits per heavy atom. The van der Waals surface area contributed by atoms with Gasteiger partial charge in [-0.1, -0.05) is 19.1 Å². The Hall–Kier alpha value is -1.20. The summed E-state index contributed by atoms with van der Waals surface area (Å²) in [4.78, 5) is 0. The maximum Gasteiger partial charge on any atom is 0.142 e. The van der Waals surface area contributed by atoms with Crippen molar-refractivity contribution in [1.29, 1.82) is 0 Å². The molecule has 1 atom stereocenters. The highest BCUT2D eigenvalue weighted by Gasteiger charge is 2.17. The van der Waals surface area contributed by atoms with Crippen molar-refractivity contribution in [3.8, 4) is 0 Å². The summed E-state index contributed by atoms with van der Waals surface area (Å²) in [6, 6.07) is 5.38. The molecule has 0 fully saturated rings. The third-order valence-corrected chi connectivity index (χ3v) is 3.81. The topological polar surface area (TPSA) is 29.9 Å². The molecule has 1 aromatic carbocycles. The Morgan fingerprint density at radius 1 is 1.45 bits per heavy atom. The molecular formula is C15H19BrFN3. The van der Waals surface area contributed by atoms with Crippen molar-refractivity contribution in [2.45, 2.75) is 25.8 Å². The standard InChI is InChI=1S/C15H19BrFN3/c1-3-7-18-14(8-11-9-19-20(2)10-11)12-5-4-6-13(16)15(12)17/h4-6,9-10,14,18H,3,7-8H2,1-2H3. The number of halogens is 2. The molecule has 20 heavy (non-hydrogen) atoms. The molecule has 0 aliphatic heterocycles. The van der Waals surface area contributed by atoms with Gasteiger partial charge < -0.3 is 5.32 Å². The number of hydrogen-bond donors (Lipinski definition) is 1. The van der Waals surface area contributed by atoms with Crippen LogP contribution in [0.4, 0.5) is 4.39 Å². The van der Waals surface area contributed by atoms with E-state index >= 15 is 0 Å². The van der Waals surface area contributed by atoms with Crippen LogP contribution >= 0.6 is 15.9 Å². The number of hydrogen-bond acceptors (Lipinski definition) is 2. The van der Waals surface area contributed by atoms with Crippen molar-refractivity contribution in [1.82, 2.24) is 15.1 Å². The molecule has 0 aliphatic carbocycles. The first kappa shape index (κ1) is 15.2. The maximum absolute atomic E-state index is 14.3. The quantitative estimate of drug-likeness (QED) is 0.871. The molecule has 0 amide bonds. The first-order valence-corrected chi connectivity index (χ1v) is 7.56. The monoisotopic (exact) mass is 339 g/mol. The summed E-state index contributed by atoms with van der Waals surface area (Å²) in [5.74, 6) is -0.190. The Kier molecular flexibility index (Phi) is 5.31. The van der Waals surface area contributed by atoms with Gasteiger partial charge in [-0.15, -0.1) is 0 Å². The number of benzene rings is 1. The van der Waals surface area contributed by atoms with Gasteiger partial charge in [-0.2, -0.15) is 5.10 Å². The van der Waals surface area contributed by atoms with Crippen LogP contribution in [-0.4, -0.2) is 16.3 Å². The van der Waals surface area contributed by atoms with Crippen LogP contribution in [0.15, 0.2) is 35.1 Å². The second kappa shape index (κ2) is 6.99. The van der Waals surface area contributed by atoms with E-state index in [-0.39, 0.29) is 11.9 Å². The Bertz CT molecular complexity index is 568. The minimum Gasteiger partial charge on any atom is -0.310 e. The fourth-order valence-corrected chi connectivity index (χ4v) is 2.59. The Labute approximate surface area is 127 Å². The van der Waals surface area contributed by atoms with E-state index in [9.17, 15) is 4.39 Å². The molecule has 3 nitrogen and oxygen atoms in total. The van der Waals surface area contributed by atoms with Crippen LogP contribution in [0, 0.1) is 5.82 Å². The van der Waals surface area contributed by atoms with Gasteiger partial charge in [-0.05, 0) is 46.9 Å². The van der Waals surface area contributed by atoms with Crippen molar-refractivity contribution >= 4 is 15.9 Å². The van der Waals surface area contributed by atoms with Crippen LogP contribution in [-0.2, 0) is 13.5 Å². The highest BCUT2D eigenvalue weighted by molar-refractivity contribution is 9.10. The summed E-state index contributed by atoms with van der Waals surface area (Å²) >= 11 is 3.25. The van der Waals surface area contributed by atoms with Gasteiger partial charge in [0.15, 0.2) is 0 Å². The van der Waals surface area contributed by atoms with Crippen LogP contribution in [0.5, 0.6) is 0 Å². The second-order valence-corrected chi connectivity index (χ2v) is 5.73. The molecule has 2 aromatic rings. The van der Waals surface area contributed by atoms with Gasteiger partial charge in [0.1, 0.15) is 5.82 Å². The van der Waals surface area contributed by atoms with Gasteiger partial charge in [0.05, 0.1) is 10.7 Å². The Morgan fingerprint density at radius 2 is 2.25 bits per heavy atom. The van der Waals surface area contributed by atoms with Gasteiger partial charge in [-0.3, -0.25) is 4.68 Å². The molecule has 2 rings (SSSR count). The number of aryl methyl sites for hydroxylation is 1.